The largest absolute Gasteiger partial charge is 0.438 e. The Kier molecular flexibility index (Phi) is 7.81. The molecule has 1 heterocycles. The number of cyclic esters (lactones) is 1. The highest BCUT2D eigenvalue weighted by molar-refractivity contribution is 6.04. The van der Waals surface area contributed by atoms with Crippen LogP contribution >= 0.6 is 0 Å². The van der Waals surface area contributed by atoms with Crippen LogP contribution in [0.4, 0.5) is 19.3 Å². The molecular weight excluding hydrogens is 480 g/mol. The summed E-state index contributed by atoms with van der Waals surface area (Å²) in [4.78, 5) is 39.9. The van der Waals surface area contributed by atoms with Gasteiger partial charge in [-0.2, -0.15) is 0 Å². The Morgan fingerprint density at radius 1 is 0.946 bits per heavy atom. The van der Waals surface area contributed by atoms with Gasteiger partial charge in [-0.15, -0.1) is 0 Å². The summed E-state index contributed by atoms with van der Waals surface area (Å²) in [6, 6.07) is 16.4. The van der Waals surface area contributed by atoms with Crippen LogP contribution in [0.1, 0.15) is 47.9 Å². The lowest BCUT2D eigenvalue weighted by Crippen LogP contribution is -2.48. The van der Waals surface area contributed by atoms with E-state index in [1.165, 1.54) is 41.3 Å². The molecule has 7 nitrogen and oxygen atoms in total. The van der Waals surface area contributed by atoms with Gasteiger partial charge >= 0.3 is 6.09 Å². The van der Waals surface area contributed by atoms with Crippen molar-refractivity contribution in [2.75, 3.05) is 5.32 Å². The van der Waals surface area contributed by atoms with Gasteiger partial charge in [0.05, 0.1) is 6.54 Å². The predicted molar refractivity (Wildman–Crippen MR) is 134 cm³/mol. The molecule has 3 aromatic carbocycles. The highest BCUT2D eigenvalue weighted by atomic mass is 19.1. The third-order valence-electron chi connectivity index (χ3n) is 6.22. The van der Waals surface area contributed by atoms with Gasteiger partial charge in [-0.1, -0.05) is 31.2 Å². The van der Waals surface area contributed by atoms with E-state index in [-0.39, 0.29) is 18.5 Å². The molecule has 1 aliphatic rings. The van der Waals surface area contributed by atoms with Crippen LogP contribution in [0.15, 0.2) is 72.8 Å². The van der Waals surface area contributed by atoms with Crippen molar-refractivity contribution in [3.63, 3.8) is 0 Å². The summed E-state index contributed by atoms with van der Waals surface area (Å²) in [7, 11) is 0. The van der Waals surface area contributed by atoms with Gasteiger partial charge in [-0.3, -0.25) is 14.5 Å². The number of hydrogen-bond donors (Lipinski definition) is 2. The highest BCUT2D eigenvalue weighted by Gasteiger charge is 2.47. The minimum atomic E-state index is -0.953. The summed E-state index contributed by atoms with van der Waals surface area (Å²) in [6.07, 6.45) is -0.843. The minimum absolute atomic E-state index is 0.0695. The fourth-order valence-electron chi connectivity index (χ4n) is 3.99. The summed E-state index contributed by atoms with van der Waals surface area (Å²) in [5, 5.41) is 5.65. The summed E-state index contributed by atoms with van der Waals surface area (Å²) >= 11 is 0. The van der Waals surface area contributed by atoms with Crippen LogP contribution in [0.5, 0.6) is 0 Å². The second kappa shape index (κ2) is 11.2. The number of anilines is 1. The van der Waals surface area contributed by atoms with Crippen molar-refractivity contribution in [1.82, 2.24) is 10.2 Å². The molecule has 37 heavy (non-hydrogen) atoms. The van der Waals surface area contributed by atoms with Gasteiger partial charge in [-0.05, 0) is 73.0 Å². The Morgan fingerprint density at radius 3 is 2.14 bits per heavy atom. The molecule has 0 radical (unpaired) electrons. The van der Waals surface area contributed by atoms with E-state index in [4.69, 9.17) is 4.74 Å². The van der Waals surface area contributed by atoms with Gasteiger partial charge in [0.2, 0.25) is 5.91 Å². The highest BCUT2D eigenvalue weighted by Crippen LogP contribution is 2.34. The number of ether oxygens (including phenoxy) is 1. The second-order valence-electron chi connectivity index (χ2n) is 8.90. The molecule has 1 saturated heterocycles. The normalized spacial score (nSPS) is 17.7. The number of rotatable bonds is 8. The molecule has 4 rings (SSSR count). The zero-order chi connectivity index (χ0) is 26.5. The Morgan fingerprint density at radius 2 is 1.54 bits per heavy atom. The molecule has 192 valence electrons. The van der Waals surface area contributed by atoms with Gasteiger partial charge in [0, 0.05) is 17.3 Å². The van der Waals surface area contributed by atoms with Gasteiger partial charge in [0.1, 0.15) is 11.6 Å². The lowest BCUT2D eigenvalue weighted by atomic mass is 10.00. The van der Waals surface area contributed by atoms with Crippen molar-refractivity contribution < 1.29 is 27.9 Å². The molecule has 3 aromatic rings. The molecule has 3 amide bonds. The summed E-state index contributed by atoms with van der Waals surface area (Å²) in [6.45, 7) is 3.88. The number of nitrogens with zero attached hydrogens (tertiary/aromatic N) is 1. The number of benzene rings is 3. The molecule has 1 aliphatic heterocycles. The van der Waals surface area contributed by atoms with Crippen molar-refractivity contribution in [3.8, 4) is 0 Å². The second-order valence-corrected chi connectivity index (χ2v) is 8.90. The van der Waals surface area contributed by atoms with Crippen LogP contribution in [0.25, 0.3) is 0 Å². The van der Waals surface area contributed by atoms with Crippen molar-refractivity contribution >= 4 is 23.6 Å². The Labute approximate surface area is 213 Å². The minimum Gasteiger partial charge on any atom is -0.438 e. The fourth-order valence-corrected chi connectivity index (χ4v) is 3.99. The van der Waals surface area contributed by atoms with Crippen molar-refractivity contribution in [2.45, 2.75) is 45.0 Å². The Bertz CT molecular complexity index is 1260. The maximum atomic E-state index is 13.4. The van der Waals surface area contributed by atoms with Crippen molar-refractivity contribution in [3.05, 3.63) is 101 Å². The number of amides is 3. The first kappa shape index (κ1) is 25.8. The van der Waals surface area contributed by atoms with E-state index in [0.29, 0.717) is 28.8 Å². The van der Waals surface area contributed by atoms with E-state index in [0.717, 1.165) is 0 Å². The van der Waals surface area contributed by atoms with Crippen LogP contribution < -0.4 is 10.6 Å². The van der Waals surface area contributed by atoms with Crippen molar-refractivity contribution in [1.29, 1.82) is 0 Å². The molecule has 0 aromatic heterocycles. The zero-order valence-corrected chi connectivity index (χ0v) is 20.4. The smallest absolute Gasteiger partial charge is 0.411 e. The van der Waals surface area contributed by atoms with Gasteiger partial charge in [0.25, 0.3) is 5.91 Å². The average Bonchev–Trinajstić information content (AvgIpc) is 3.21. The first-order valence-corrected chi connectivity index (χ1v) is 11.9. The zero-order valence-electron chi connectivity index (χ0n) is 20.4. The quantitative estimate of drug-likeness (QED) is 0.439. The molecule has 0 spiro atoms. The molecule has 3 unspecified atom stereocenters. The van der Waals surface area contributed by atoms with Gasteiger partial charge in [0.15, 0.2) is 12.1 Å². The standard InChI is InChI=1S/C28H27F2N3O4/c1-3-17(2)31-27(35)24-25(37-28(36)33(24)16-18-4-10-21(29)11-5-18)19-8-14-23(15-9-19)32-26(34)20-6-12-22(30)13-7-20/h4-15,17,24-25H,3,16H2,1-2H3,(H,31,35)(H,32,34). The molecule has 2 N–H and O–H groups in total. The van der Waals surface area contributed by atoms with E-state index in [1.807, 2.05) is 13.8 Å². The molecule has 9 heteroatoms. The molecule has 1 fully saturated rings. The van der Waals surface area contributed by atoms with E-state index < -0.39 is 35.8 Å². The fraction of sp³-hybridized carbons (Fsp3) is 0.250. The van der Waals surface area contributed by atoms with Crippen molar-refractivity contribution in [2.24, 2.45) is 0 Å². The SMILES string of the molecule is CCC(C)NC(=O)C1C(c2ccc(NC(=O)c3ccc(F)cc3)cc2)OC(=O)N1Cc1ccc(F)cc1. The third-order valence-corrected chi connectivity index (χ3v) is 6.22. The Hall–Kier alpha value is -4.27. The van der Waals surface area contributed by atoms with E-state index in [1.54, 1.807) is 36.4 Å². The number of carbonyl (C=O) groups is 3. The summed E-state index contributed by atoms with van der Waals surface area (Å²) in [5.41, 5.74) is 2.00. The lowest BCUT2D eigenvalue weighted by Gasteiger charge is -2.25. The molecule has 0 saturated carbocycles. The number of nitrogens with one attached hydrogen (secondary N) is 2. The van der Waals surface area contributed by atoms with Crippen LogP contribution in [0.2, 0.25) is 0 Å². The summed E-state index contributed by atoms with van der Waals surface area (Å²) < 4.78 is 32.1. The predicted octanol–water partition coefficient (Wildman–Crippen LogP) is 5.19. The first-order chi connectivity index (χ1) is 17.7. The monoisotopic (exact) mass is 507 g/mol. The summed E-state index contributed by atoms with van der Waals surface area (Å²) in [5.74, 6) is -1.60. The van der Waals surface area contributed by atoms with Gasteiger partial charge < -0.3 is 15.4 Å². The van der Waals surface area contributed by atoms with E-state index in [9.17, 15) is 23.2 Å². The maximum absolute atomic E-state index is 13.4. The number of halogens is 2. The lowest BCUT2D eigenvalue weighted by molar-refractivity contribution is -0.127. The van der Waals surface area contributed by atoms with Gasteiger partial charge in [-0.25, -0.2) is 13.6 Å². The number of hydrogen-bond acceptors (Lipinski definition) is 4. The van der Waals surface area contributed by atoms with Crippen LogP contribution in [-0.4, -0.2) is 34.9 Å². The molecule has 0 bridgehead atoms. The third kappa shape index (κ3) is 6.11. The topological polar surface area (TPSA) is 87.7 Å². The number of carbonyl (C=O) groups excluding carboxylic acids is 3. The molecule has 3 atom stereocenters. The average molecular weight is 508 g/mol. The Balaban J connectivity index is 1.55. The van der Waals surface area contributed by atoms with Crippen LogP contribution in [-0.2, 0) is 16.1 Å². The van der Waals surface area contributed by atoms with E-state index >= 15 is 0 Å². The first-order valence-electron chi connectivity index (χ1n) is 11.9. The molecular formula is C28H27F2N3O4. The van der Waals surface area contributed by atoms with Crippen LogP contribution in [0.3, 0.4) is 0 Å². The van der Waals surface area contributed by atoms with Crippen LogP contribution in [0, 0.1) is 11.6 Å². The molecule has 0 aliphatic carbocycles. The maximum Gasteiger partial charge on any atom is 0.411 e. The van der Waals surface area contributed by atoms with E-state index in [2.05, 4.69) is 10.6 Å².